The van der Waals surface area contributed by atoms with Crippen LogP contribution in [0.3, 0.4) is 0 Å². The van der Waals surface area contributed by atoms with Crippen LogP contribution in [0.25, 0.3) is 0 Å². The third kappa shape index (κ3) is 17.3. The first-order valence-corrected chi connectivity index (χ1v) is 20.7. The maximum absolute atomic E-state index is 14.6. The fraction of sp³-hybridized carbons (Fsp3) is 1.00. The minimum absolute atomic E-state index is 0.0459. The van der Waals surface area contributed by atoms with Crippen LogP contribution < -0.4 is 0 Å². The second-order valence-corrected chi connectivity index (χ2v) is 17.0. The summed E-state index contributed by atoms with van der Waals surface area (Å²) in [4.78, 5) is 0. The molecule has 0 radical (unpaired) electrons. The van der Waals surface area contributed by atoms with Crippen molar-refractivity contribution in [2.45, 2.75) is 203 Å². The van der Waals surface area contributed by atoms with Gasteiger partial charge in [0.1, 0.15) is 0 Å². The van der Waals surface area contributed by atoms with Gasteiger partial charge in [-0.05, 0) is 25.7 Å². The van der Waals surface area contributed by atoms with E-state index in [4.69, 9.17) is 0 Å². The molecule has 0 aromatic carbocycles. The van der Waals surface area contributed by atoms with Gasteiger partial charge in [0.25, 0.3) is 0 Å². The highest BCUT2D eigenvalue weighted by molar-refractivity contribution is 5.11. The lowest BCUT2D eigenvalue weighted by Gasteiger charge is -2.41. The summed E-state index contributed by atoms with van der Waals surface area (Å²) in [5.41, 5.74) is 0. The van der Waals surface area contributed by atoms with Crippen molar-refractivity contribution in [3.63, 3.8) is 0 Å². The zero-order valence-electron chi connectivity index (χ0n) is 34.2. The van der Waals surface area contributed by atoms with Crippen molar-refractivity contribution < 1.29 is 61.7 Å². The number of quaternary nitrogens is 2. The van der Waals surface area contributed by atoms with Crippen molar-refractivity contribution in [2.24, 2.45) is 0 Å². The molecule has 0 heterocycles. The van der Waals surface area contributed by atoms with Crippen LogP contribution in [0.2, 0.25) is 0 Å². The van der Waals surface area contributed by atoms with E-state index in [1.165, 1.54) is 38.5 Å². The van der Waals surface area contributed by atoms with Crippen LogP contribution in [0.4, 0.5) is 52.7 Å². The molecule has 0 atom stereocenters. The second-order valence-electron chi connectivity index (χ2n) is 17.0. The Morgan fingerprint density at radius 2 is 0.481 bits per heavy atom. The first-order valence-electron chi connectivity index (χ1n) is 20.7. The molecule has 0 bridgehead atoms. The van der Waals surface area contributed by atoms with E-state index in [0.29, 0.717) is 25.9 Å². The summed E-state index contributed by atoms with van der Waals surface area (Å²) in [6.45, 7) is 4.74. The highest BCUT2D eigenvalue weighted by atomic mass is 19.4. The summed E-state index contributed by atoms with van der Waals surface area (Å²) in [5, 5.41) is 0. The molecular weight excluding hydrogens is 736 g/mol. The van der Waals surface area contributed by atoms with Crippen molar-refractivity contribution >= 4 is 0 Å². The molecule has 0 saturated heterocycles. The van der Waals surface area contributed by atoms with Gasteiger partial charge in [-0.1, -0.05) is 117 Å². The average Bonchev–Trinajstić information content (AvgIpc) is 3.05. The van der Waals surface area contributed by atoms with Crippen molar-refractivity contribution in [1.29, 1.82) is 0 Å². The minimum Gasteiger partial charge on any atom is -0.328 e. The molecule has 0 aliphatic carbocycles. The Hall–Kier alpha value is -0.920. The number of halogens is 12. The van der Waals surface area contributed by atoms with Crippen LogP contribution >= 0.6 is 0 Å². The highest BCUT2D eigenvalue weighted by Crippen LogP contribution is 2.61. The fourth-order valence-electron chi connectivity index (χ4n) is 6.90. The molecular formula is C40H74F12N2+2. The van der Waals surface area contributed by atoms with Crippen molar-refractivity contribution in [3.05, 3.63) is 0 Å². The third-order valence-corrected chi connectivity index (χ3v) is 10.8. The van der Waals surface area contributed by atoms with Gasteiger partial charge >= 0.3 is 35.5 Å². The Morgan fingerprint density at radius 1 is 0.278 bits per heavy atom. The van der Waals surface area contributed by atoms with Crippen LogP contribution in [0, 0.1) is 0 Å². The maximum Gasteiger partial charge on any atom is 0.384 e. The fourth-order valence-corrected chi connectivity index (χ4v) is 6.90. The molecule has 14 heteroatoms. The van der Waals surface area contributed by atoms with Gasteiger partial charge in [-0.2, -0.15) is 52.7 Å². The molecule has 0 unspecified atom stereocenters. The van der Waals surface area contributed by atoms with E-state index in [1.54, 1.807) is 28.2 Å². The Balaban J connectivity index is 5.07. The lowest BCUT2D eigenvalue weighted by Crippen LogP contribution is -2.70. The molecule has 0 aliphatic rings. The zero-order chi connectivity index (χ0) is 41.8. The highest BCUT2D eigenvalue weighted by Gasteiger charge is 2.89. The van der Waals surface area contributed by atoms with E-state index in [9.17, 15) is 52.7 Å². The Morgan fingerprint density at radius 3 is 0.722 bits per heavy atom. The predicted octanol–water partition coefficient (Wildman–Crippen LogP) is 14.4. The molecule has 0 aromatic rings. The zero-order valence-corrected chi connectivity index (χ0v) is 34.2. The first-order chi connectivity index (χ1) is 24.8. The molecule has 0 aliphatic heterocycles. The van der Waals surface area contributed by atoms with E-state index < -0.39 is 61.2 Å². The molecule has 0 aromatic heterocycles. The molecule has 0 N–H and O–H groups in total. The van der Waals surface area contributed by atoms with Crippen LogP contribution in [-0.4, -0.2) is 98.9 Å². The summed E-state index contributed by atoms with van der Waals surface area (Å²) in [7, 11) is 6.42. The number of nitrogens with zero attached hydrogens (tertiary/aromatic N) is 2. The SMILES string of the molecule is CCCCCCCCCCCC[N+](C)(C)CCCC(F)(F)C(F)(F)C(F)(F)C(F)(F)C(F)(F)C(F)(F)CCC[N+](C)(C)CCCCCCCCCCCC. The smallest absolute Gasteiger partial charge is 0.328 e. The molecule has 0 amide bonds. The topological polar surface area (TPSA) is 0 Å². The standard InChI is InChI=1S/C40H74F12N2/c1-7-9-11-13-15-17-19-21-23-25-31-53(3,4)33-27-29-35(41,42)37(45,46)39(49,50)40(51,52)38(47,48)36(43,44)30-28-34-54(5,6)32-26-24-22-20-18-16-14-12-10-8-2/h7-34H2,1-6H3/q+2. The van der Waals surface area contributed by atoms with E-state index in [2.05, 4.69) is 13.8 Å². The van der Waals surface area contributed by atoms with Gasteiger partial charge < -0.3 is 8.97 Å². The third-order valence-electron chi connectivity index (χ3n) is 10.8. The van der Waals surface area contributed by atoms with Gasteiger partial charge in [0.2, 0.25) is 0 Å². The van der Waals surface area contributed by atoms with Gasteiger partial charge in [-0.15, -0.1) is 0 Å². The van der Waals surface area contributed by atoms with Crippen LogP contribution in [0.1, 0.15) is 168 Å². The Labute approximate surface area is 319 Å². The Bertz CT molecular complexity index is 895. The molecule has 326 valence electrons. The normalized spacial score (nSPS) is 14.3. The van der Waals surface area contributed by atoms with Crippen LogP contribution in [-0.2, 0) is 0 Å². The molecule has 0 fully saturated rings. The quantitative estimate of drug-likeness (QED) is 0.0340. The number of hydrogen-bond acceptors (Lipinski definition) is 0. The number of hydrogen-bond donors (Lipinski definition) is 0. The predicted molar refractivity (Wildman–Crippen MR) is 196 cm³/mol. The minimum atomic E-state index is -7.50. The summed E-state index contributed by atoms with van der Waals surface area (Å²) in [6, 6.07) is 0. The largest absolute Gasteiger partial charge is 0.384 e. The lowest BCUT2D eigenvalue weighted by molar-refractivity contribution is -0.890. The Kier molecular flexibility index (Phi) is 23.7. The molecule has 0 rings (SSSR count). The average molecular weight is 811 g/mol. The molecule has 54 heavy (non-hydrogen) atoms. The van der Waals surface area contributed by atoms with E-state index in [1.807, 2.05) is 0 Å². The number of unbranched alkanes of at least 4 members (excludes halogenated alkanes) is 18. The summed E-state index contributed by atoms with van der Waals surface area (Å²) in [5.74, 6) is -40.9. The van der Waals surface area contributed by atoms with Crippen molar-refractivity contribution in [2.75, 3.05) is 54.4 Å². The van der Waals surface area contributed by atoms with Gasteiger partial charge in [-0.25, -0.2) is 0 Å². The van der Waals surface area contributed by atoms with E-state index >= 15 is 0 Å². The lowest BCUT2D eigenvalue weighted by atomic mass is 9.88. The van der Waals surface area contributed by atoms with Crippen LogP contribution in [0.15, 0.2) is 0 Å². The first kappa shape index (κ1) is 53.1. The number of alkyl halides is 12. The van der Waals surface area contributed by atoms with E-state index in [0.717, 1.165) is 77.0 Å². The van der Waals surface area contributed by atoms with Gasteiger partial charge in [0, 0.05) is 25.7 Å². The molecule has 2 nitrogen and oxygen atoms in total. The number of rotatable bonds is 35. The van der Waals surface area contributed by atoms with Gasteiger partial charge in [-0.3, -0.25) is 0 Å². The van der Waals surface area contributed by atoms with E-state index in [-0.39, 0.29) is 22.1 Å². The monoisotopic (exact) mass is 811 g/mol. The summed E-state index contributed by atoms with van der Waals surface area (Å²) >= 11 is 0. The van der Waals surface area contributed by atoms with Crippen LogP contribution in [0.5, 0.6) is 0 Å². The molecule has 0 saturated carbocycles. The molecule has 0 spiro atoms. The second kappa shape index (κ2) is 24.1. The summed E-state index contributed by atoms with van der Waals surface area (Å²) in [6.07, 6.45) is 15.2. The summed E-state index contributed by atoms with van der Waals surface area (Å²) < 4.78 is 175. The van der Waals surface area contributed by atoms with Gasteiger partial charge in [0.05, 0.1) is 54.4 Å². The van der Waals surface area contributed by atoms with Crippen molar-refractivity contribution in [1.82, 2.24) is 0 Å². The van der Waals surface area contributed by atoms with Gasteiger partial charge in [0.15, 0.2) is 0 Å². The maximum atomic E-state index is 14.6. The van der Waals surface area contributed by atoms with Crippen molar-refractivity contribution in [3.8, 4) is 0 Å².